The van der Waals surface area contributed by atoms with Crippen LogP contribution in [-0.4, -0.2) is 6.04 Å². The summed E-state index contributed by atoms with van der Waals surface area (Å²) >= 11 is 0. The highest BCUT2D eigenvalue weighted by Gasteiger charge is 2.03. The van der Waals surface area contributed by atoms with Gasteiger partial charge < -0.3 is 11.1 Å². The first-order chi connectivity index (χ1) is 6.67. The molecule has 1 aromatic carbocycles. The molecule has 0 fully saturated rings. The summed E-state index contributed by atoms with van der Waals surface area (Å²) in [6.45, 7) is 4.18. The first-order valence-corrected chi connectivity index (χ1v) is 4.73. The Hall–Kier alpha value is -1.69. The van der Waals surface area contributed by atoms with Gasteiger partial charge in [-0.25, -0.2) is 0 Å². The summed E-state index contributed by atoms with van der Waals surface area (Å²) in [5.74, 6) is 0. The first kappa shape index (κ1) is 10.4. The van der Waals surface area contributed by atoms with Crippen LogP contribution in [0.1, 0.15) is 25.8 Å². The minimum absolute atomic E-state index is 0.367. The van der Waals surface area contributed by atoms with Crippen molar-refractivity contribution < 1.29 is 0 Å². The van der Waals surface area contributed by atoms with Gasteiger partial charge in [0.2, 0.25) is 0 Å². The third kappa shape index (κ3) is 2.40. The van der Waals surface area contributed by atoms with E-state index in [9.17, 15) is 0 Å². The predicted octanol–water partition coefficient (Wildman–Crippen LogP) is 2.35. The fourth-order valence-corrected chi connectivity index (χ4v) is 1.12. The molecule has 1 atom stereocenters. The minimum atomic E-state index is 0.367. The zero-order chi connectivity index (χ0) is 10.6. The van der Waals surface area contributed by atoms with Crippen molar-refractivity contribution in [1.29, 1.82) is 5.26 Å². The van der Waals surface area contributed by atoms with Gasteiger partial charge in [0.15, 0.2) is 0 Å². The fourth-order valence-electron chi connectivity index (χ4n) is 1.12. The van der Waals surface area contributed by atoms with Crippen LogP contribution in [0.25, 0.3) is 0 Å². The molecule has 1 unspecified atom stereocenters. The summed E-state index contributed by atoms with van der Waals surface area (Å²) in [6.07, 6.45) is 1.02. The maximum absolute atomic E-state index is 8.73. The van der Waals surface area contributed by atoms with Gasteiger partial charge in [-0.05, 0) is 31.5 Å². The van der Waals surface area contributed by atoms with Crippen molar-refractivity contribution in [3.63, 3.8) is 0 Å². The van der Waals surface area contributed by atoms with E-state index in [1.54, 1.807) is 18.2 Å². The molecule has 0 aromatic heterocycles. The Labute approximate surface area is 84.5 Å². The second-order valence-corrected chi connectivity index (χ2v) is 3.37. The number of nitrogens with zero attached hydrogens (tertiary/aromatic N) is 1. The minimum Gasteiger partial charge on any atom is -0.397 e. The van der Waals surface area contributed by atoms with Gasteiger partial charge >= 0.3 is 0 Å². The number of nitrogens with two attached hydrogens (primary N) is 1. The van der Waals surface area contributed by atoms with Gasteiger partial charge in [0.1, 0.15) is 0 Å². The Morgan fingerprint density at radius 2 is 2.29 bits per heavy atom. The van der Waals surface area contributed by atoms with E-state index in [1.165, 1.54) is 0 Å². The number of anilines is 2. The van der Waals surface area contributed by atoms with Crippen molar-refractivity contribution in [2.75, 3.05) is 11.1 Å². The smallest absolute Gasteiger partial charge is 0.0992 e. The summed E-state index contributed by atoms with van der Waals surface area (Å²) in [7, 11) is 0. The molecule has 1 rings (SSSR count). The Balaban J connectivity index is 2.90. The molecular formula is C11H15N3. The molecule has 3 N–H and O–H groups in total. The Morgan fingerprint density at radius 1 is 1.57 bits per heavy atom. The zero-order valence-corrected chi connectivity index (χ0v) is 8.54. The molecule has 3 heteroatoms. The number of nitriles is 1. The lowest BCUT2D eigenvalue weighted by atomic mass is 10.1. The molecule has 0 saturated heterocycles. The van der Waals surface area contributed by atoms with Crippen LogP contribution < -0.4 is 11.1 Å². The number of rotatable bonds is 3. The monoisotopic (exact) mass is 189 g/mol. The molecule has 3 nitrogen and oxygen atoms in total. The molecule has 0 amide bonds. The normalized spacial score (nSPS) is 11.8. The van der Waals surface area contributed by atoms with Crippen molar-refractivity contribution in [3.05, 3.63) is 23.8 Å². The molecule has 1 aromatic rings. The molecule has 0 aliphatic heterocycles. The van der Waals surface area contributed by atoms with Gasteiger partial charge in [0.25, 0.3) is 0 Å². The van der Waals surface area contributed by atoms with E-state index in [1.807, 2.05) is 0 Å². The predicted molar refractivity (Wildman–Crippen MR) is 58.9 cm³/mol. The lowest BCUT2D eigenvalue weighted by Gasteiger charge is -2.14. The summed E-state index contributed by atoms with van der Waals surface area (Å²) < 4.78 is 0. The zero-order valence-electron chi connectivity index (χ0n) is 8.54. The average molecular weight is 189 g/mol. The molecule has 0 aliphatic carbocycles. The Kier molecular flexibility index (Phi) is 3.35. The highest BCUT2D eigenvalue weighted by atomic mass is 14.9. The second-order valence-electron chi connectivity index (χ2n) is 3.37. The van der Waals surface area contributed by atoms with Crippen molar-refractivity contribution >= 4 is 11.4 Å². The van der Waals surface area contributed by atoms with Gasteiger partial charge in [-0.1, -0.05) is 6.92 Å². The van der Waals surface area contributed by atoms with Crippen LogP contribution in [0.5, 0.6) is 0 Å². The molecule has 0 radical (unpaired) electrons. The number of nitrogens with one attached hydrogen (secondary N) is 1. The van der Waals surface area contributed by atoms with Crippen LogP contribution in [0.4, 0.5) is 11.4 Å². The second kappa shape index (κ2) is 4.52. The van der Waals surface area contributed by atoms with Crippen molar-refractivity contribution in [2.24, 2.45) is 0 Å². The van der Waals surface area contributed by atoms with Gasteiger partial charge in [0, 0.05) is 6.04 Å². The standard InChI is InChI=1S/C11H15N3/c1-3-8(2)14-11-6-9(7-12)4-5-10(11)13/h4-6,8,14H,3,13H2,1-2H3. The van der Waals surface area contributed by atoms with Crippen LogP contribution in [0, 0.1) is 11.3 Å². The summed E-state index contributed by atoms with van der Waals surface area (Å²) in [5.41, 5.74) is 7.94. The average Bonchev–Trinajstić information content (AvgIpc) is 2.21. The van der Waals surface area contributed by atoms with E-state index in [4.69, 9.17) is 11.0 Å². The van der Waals surface area contributed by atoms with E-state index in [-0.39, 0.29) is 0 Å². The SMILES string of the molecule is CCC(C)Nc1cc(C#N)ccc1N. The van der Waals surface area contributed by atoms with Gasteiger partial charge in [-0.2, -0.15) is 5.26 Å². The van der Waals surface area contributed by atoms with Crippen molar-refractivity contribution in [1.82, 2.24) is 0 Å². The third-order valence-electron chi connectivity index (χ3n) is 2.20. The molecule has 0 spiro atoms. The van der Waals surface area contributed by atoms with E-state index < -0.39 is 0 Å². The highest BCUT2D eigenvalue weighted by Crippen LogP contribution is 2.20. The summed E-state index contributed by atoms with van der Waals surface area (Å²) in [5, 5.41) is 12.0. The summed E-state index contributed by atoms with van der Waals surface area (Å²) in [6, 6.07) is 7.71. The fraction of sp³-hybridized carbons (Fsp3) is 0.364. The lowest BCUT2D eigenvalue weighted by molar-refractivity contribution is 0.764. The maximum atomic E-state index is 8.73. The van der Waals surface area contributed by atoms with Crippen LogP contribution in [-0.2, 0) is 0 Å². The topological polar surface area (TPSA) is 61.8 Å². The summed E-state index contributed by atoms with van der Waals surface area (Å²) in [4.78, 5) is 0. The van der Waals surface area contributed by atoms with Crippen LogP contribution in [0.2, 0.25) is 0 Å². The Morgan fingerprint density at radius 3 is 2.86 bits per heavy atom. The third-order valence-corrected chi connectivity index (χ3v) is 2.20. The van der Waals surface area contributed by atoms with E-state index >= 15 is 0 Å². The molecule has 14 heavy (non-hydrogen) atoms. The molecule has 0 saturated carbocycles. The number of nitrogen functional groups attached to an aromatic ring is 1. The Bertz CT molecular complexity index is 352. The number of benzene rings is 1. The van der Waals surface area contributed by atoms with Crippen LogP contribution >= 0.6 is 0 Å². The quantitative estimate of drug-likeness (QED) is 0.717. The molecule has 0 heterocycles. The van der Waals surface area contributed by atoms with Crippen LogP contribution in [0.15, 0.2) is 18.2 Å². The van der Waals surface area contributed by atoms with E-state index in [2.05, 4.69) is 25.2 Å². The van der Waals surface area contributed by atoms with Gasteiger partial charge in [-0.15, -0.1) is 0 Å². The largest absolute Gasteiger partial charge is 0.397 e. The molecular weight excluding hydrogens is 174 g/mol. The number of hydrogen-bond donors (Lipinski definition) is 2. The van der Waals surface area contributed by atoms with Crippen LogP contribution in [0.3, 0.4) is 0 Å². The first-order valence-electron chi connectivity index (χ1n) is 4.73. The highest BCUT2D eigenvalue weighted by molar-refractivity contribution is 5.68. The molecule has 0 bridgehead atoms. The van der Waals surface area contributed by atoms with Crippen molar-refractivity contribution in [2.45, 2.75) is 26.3 Å². The number of hydrogen-bond acceptors (Lipinski definition) is 3. The molecule has 74 valence electrons. The van der Waals surface area contributed by atoms with E-state index in [0.717, 1.165) is 12.1 Å². The maximum Gasteiger partial charge on any atom is 0.0992 e. The van der Waals surface area contributed by atoms with Crippen molar-refractivity contribution in [3.8, 4) is 6.07 Å². The molecule has 0 aliphatic rings. The van der Waals surface area contributed by atoms with E-state index in [0.29, 0.717) is 17.3 Å². The van der Waals surface area contributed by atoms with Gasteiger partial charge in [0.05, 0.1) is 23.0 Å². The van der Waals surface area contributed by atoms with Gasteiger partial charge in [-0.3, -0.25) is 0 Å². The lowest BCUT2D eigenvalue weighted by Crippen LogP contribution is -2.14.